The van der Waals surface area contributed by atoms with Crippen molar-refractivity contribution in [3.8, 4) is 27.6 Å². The molecule has 1 atom stereocenters. The van der Waals surface area contributed by atoms with Crippen LogP contribution in [0.1, 0.15) is 62.7 Å². The number of piperidine rings is 1. The molecule has 0 bridgehead atoms. The highest BCUT2D eigenvalue weighted by Crippen LogP contribution is 2.41. The third-order valence-corrected chi connectivity index (χ3v) is 10.2. The maximum absolute atomic E-state index is 14.6. The summed E-state index contributed by atoms with van der Waals surface area (Å²) >= 11 is 1.23. The molecule has 2 amide bonds. The molecule has 0 saturated carbocycles. The minimum absolute atomic E-state index is 0.0908. The largest absolute Gasteiger partial charge is 0.444 e. The number of likely N-dealkylation sites (tertiary alicyclic amines) is 1. The molecule has 0 radical (unpaired) electrons. The van der Waals surface area contributed by atoms with Crippen LogP contribution in [0.15, 0.2) is 53.4 Å². The number of hydrogen-bond acceptors (Lipinski definition) is 7. The molecule has 1 aliphatic rings. The number of carbonyl (C=O) groups excluding carboxylic acids is 2. The van der Waals surface area contributed by atoms with Gasteiger partial charge < -0.3 is 15.0 Å². The molecule has 42 heavy (non-hydrogen) atoms. The van der Waals surface area contributed by atoms with E-state index >= 15 is 0 Å². The molecule has 3 aromatic rings. The van der Waals surface area contributed by atoms with Crippen molar-refractivity contribution in [3.63, 3.8) is 0 Å². The number of sulfone groups is 1. The smallest absolute Gasteiger partial charge is 0.407 e. The van der Waals surface area contributed by atoms with Gasteiger partial charge in [-0.05, 0) is 88.9 Å². The van der Waals surface area contributed by atoms with Crippen molar-refractivity contribution in [1.29, 1.82) is 5.26 Å². The summed E-state index contributed by atoms with van der Waals surface area (Å²) in [5.74, 6) is -0.901. The van der Waals surface area contributed by atoms with Crippen molar-refractivity contribution in [1.82, 2.24) is 10.2 Å². The average Bonchev–Trinajstić information content (AvgIpc) is 3.37. The topological polar surface area (TPSA) is 117 Å². The second-order valence-corrected chi connectivity index (χ2v) is 15.1. The number of nitriles is 1. The Balaban J connectivity index is 1.68. The van der Waals surface area contributed by atoms with Gasteiger partial charge >= 0.3 is 6.09 Å². The molecule has 8 nitrogen and oxygen atoms in total. The number of halogens is 1. The maximum atomic E-state index is 14.6. The Labute approximate surface area is 250 Å². The van der Waals surface area contributed by atoms with Crippen molar-refractivity contribution < 1.29 is 27.1 Å². The fraction of sp³-hybridized carbons (Fsp3) is 0.387. The predicted molar refractivity (Wildman–Crippen MR) is 160 cm³/mol. The number of nitrogens with zero attached hydrogens (tertiary/aromatic N) is 2. The zero-order valence-electron chi connectivity index (χ0n) is 24.2. The molecule has 1 saturated heterocycles. The third kappa shape index (κ3) is 6.99. The van der Waals surface area contributed by atoms with E-state index in [0.717, 1.165) is 0 Å². The number of carbonyl (C=O) groups is 2. The van der Waals surface area contributed by atoms with Crippen LogP contribution in [0.2, 0.25) is 0 Å². The Hall–Kier alpha value is -3.75. The second kappa shape index (κ2) is 12.2. The maximum Gasteiger partial charge on any atom is 0.407 e. The van der Waals surface area contributed by atoms with E-state index < -0.39 is 32.6 Å². The molecule has 0 spiro atoms. The van der Waals surface area contributed by atoms with Gasteiger partial charge in [-0.2, -0.15) is 5.26 Å². The molecular formula is C31H34FN3O5S2. The zero-order valence-corrected chi connectivity index (χ0v) is 25.9. The molecule has 11 heteroatoms. The SMILES string of the molecule is CC(C)S(=O)(=O)c1ccc(-c2sc(C(=O)N3CCC[C@@H](NC(=O)OC(C)(C)C)C3)cc2-c2ccc(C#N)c(F)c2)cc1. The summed E-state index contributed by atoms with van der Waals surface area (Å²) < 4.78 is 45.3. The van der Waals surface area contributed by atoms with Gasteiger partial charge in [-0.15, -0.1) is 11.3 Å². The van der Waals surface area contributed by atoms with Gasteiger partial charge in [0, 0.05) is 29.6 Å². The molecular weight excluding hydrogens is 577 g/mol. The molecule has 1 fully saturated rings. The number of nitrogens with one attached hydrogen (secondary N) is 1. The van der Waals surface area contributed by atoms with E-state index in [4.69, 9.17) is 4.74 Å². The van der Waals surface area contributed by atoms with Crippen molar-refractivity contribution in [3.05, 3.63) is 64.8 Å². The van der Waals surface area contributed by atoms with Gasteiger partial charge in [0.1, 0.15) is 17.5 Å². The molecule has 0 unspecified atom stereocenters. The van der Waals surface area contributed by atoms with E-state index in [1.165, 1.54) is 35.6 Å². The number of thiophene rings is 1. The summed E-state index contributed by atoms with van der Waals surface area (Å²) in [6, 6.07) is 14.0. The van der Waals surface area contributed by atoms with Gasteiger partial charge in [-0.3, -0.25) is 4.79 Å². The number of amides is 2. The number of ether oxygens (including phenoxy) is 1. The van der Waals surface area contributed by atoms with Crippen LogP contribution in [-0.4, -0.2) is 55.3 Å². The van der Waals surface area contributed by atoms with Crippen LogP contribution in [0, 0.1) is 17.1 Å². The minimum atomic E-state index is -3.47. The summed E-state index contributed by atoms with van der Waals surface area (Å²) in [5, 5.41) is 11.4. The Morgan fingerprint density at radius 2 is 1.79 bits per heavy atom. The first-order chi connectivity index (χ1) is 19.7. The summed E-state index contributed by atoms with van der Waals surface area (Å²) in [5.41, 5.74) is 1.02. The standard InChI is InChI=1S/C31H34FN3O5S2/c1-19(2)42(38,39)24-12-10-20(11-13-24)28-25(21-8-9-22(17-33)26(32)15-21)16-27(41-28)29(36)35-14-6-7-23(18-35)34-30(37)40-31(3,4)5/h8-13,15-16,19,23H,6-7,14,18H2,1-5H3,(H,34,37)/t23-/m1/s1. The van der Waals surface area contributed by atoms with Crippen LogP contribution in [0.25, 0.3) is 21.6 Å². The van der Waals surface area contributed by atoms with Gasteiger partial charge in [0.15, 0.2) is 9.84 Å². The van der Waals surface area contributed by atoms with E-state index in [2.05, 4.69) is 5.32 Å². The lowest BCUT2D eigenvalue weighted by Gasteiger charge is -2.33. The van der Waals surface area contributed by atoms with Crippen LogP contribution >= 0.6 is 11.3 Å². The molecule has 1 N–H and O–H groups in total. The van der Waals surface area contributed by atoms with Gasteiger partial charge in [-0.1, -0.05) is 18.2 Å². The molecule has 2 aromatic carbocycles. The fourth-order valence-corrected chi connectivity index (χ4v) is 6.89. The highest BCUT2D eigenvalue weighted by molar-refractivity contribution is 7.92. The Bertz CT molecular complexity index is 1630. The van der Waals surface area contributed by atoms with Crippen LogP contribution in [0.3, 0.4) is 0 Å². The second-order valence-electron chi connectivity index (χ2n) is 11.5. The van der Waals surface area contributed by atoms with Crippen LogP contribution in [0.4, 0.5) is 9.18 Å². The predicted octanol–water partition coefficient (Wildman–Crippen LogP) is 6.40. The van der Waals surface area contributed by atoms with Crippen molar-refractivity contribution in [2.24, 2.45) is 0 Å². The van der Waals surface area contributed by atoms with Gasteiger partial charge in [0.25, 0.3) is 5.91 Å². The minimum Gasteiger partial charge on any atom is -0.444 e. The number of hydrogen-bond donors (Lipinski definition) is 1. The summed E-state index contributed by atoms with van der Waals surface area (Å²) in [6.45, 7) is 9.41. The van der Waals surface area contributed by atoms with E-state index in [-0.39, 0.29) is 22.4 Å². The van der Waals surface area contributed by atoms with Gasteiger partial charge in [0.2, 0.25) is 0 Å². The number of rotatable bonds is 6. The van der Waals surface area contributed by atoms with Crippen molar-refractivity contribution >= 4 is 33.2 Å². The highest BCUT2D eigenvalue weighted by Gasteiger charge is 2.29. The first-order valence-corrected chi connectivity index (χ1v) is 16.0. The zero-order chi connectivity index (χ0) is 30.8. The molecule has 4 rings (SSSR count). The Morgan fingerprint density at radius 1 is 1.12 bits per heavy atom. The van der Waals surface area contributed by atoms with Crippen LogP contribution < -0.4 is 5.32 Å². The quantitative estimate of drug-likeness (QED) is 0.345. The van der Waals surface area contributed by atoms with E-state index in [0.29, 0.717) is 52.4 Å². The molecule has 2 heterocycles. The first-order valence-electron chi connectivity index (χ1n) is 13.7. The third-order valence-electron chi connectivity index (χ3n) is 6.84. The molecule has 222 valence electrons. The lowest BCUT2D eigenvalue weighted by Crippen LogP contribution is -2.50. The Kier molecular flexibility index (Phi) is 9.09. The van der Waals surface area contributed by atoms with Crippen molar-refractivity contribution in [2.75, 3.05) is 13.1 Å². The van der Waals surface area contributed by atoms with E-state index in [9.17, 15) is 27.7 Å². The number of alkyl carbamates (subject to hydrolysis) is 1. The van der Waals surface area contributed by atoms with Gasteiger partial charge in [-0.25, -0.2) is 17.6 Å². The monoisotopic (exact) mass is 611 g/mol. The highest BCUT2D eigenvalue weighted by atomic mass is 32.2. The summed E-state index contributed by atoms with van der Waals surface area (Å²) in [4.78, 5) is 29.0. The first kappa shape index (κ1) is 31.2. The Morgan fingerprint density at radius 3 is 2.38 bits per heavy atom. The van der Waals surface area contributed by atoms with Crippen molar-refractivity contribution in [2.45, 2.75) is 69.2 Å². The normalized spacial score (nSPS) is 15.8. The van der Waals surface area contributed by atoms with Crippen LogP contribution in [0.5, 0.6) is 0 Å². The lowest BCUT2D eigenvalue weighted by molar-refractivity contribution is 0.0453. The lowest BCUT2D eigenvalue weighted by atomic mass is 10.0. The van der Waals surface area contributed by atoms with Crippen LogP contribution in [-0.2, 0) is 14.6 Å². The average molecular weight is 612 g/mol. The summed E-state index contributed by atoms with van der Waals surface area (Å²) in [7, 11) is -3.47. The van der Waals surface area contributed by atoms with E-state index in [1.54, 1.807) is 63.8 Å². The molecule has 1 aliphatic heterocycles. The van der Waals surface area contributed by atoms with Gasteiger partial charge in [0.05, 0.1) is 20.6 Å². The fourth-order valence-electron chi connectivity index (χ4n) is 4.68. The van der Waals surface area contributed by atoms with E-state index in [1.807, 2.05) is 6.07 Å². The summed E-state index contributed by atoms with van der Waals surface area (Å²) in [6.07, 6.45) is 0.873. The molecule has 1 aromatic heterocycles. The molecule has 0 aliphatic carbocycles. The number of benzene rings is 2.